The van der Waals surface area contributed by atoms with E-state index in [9.17, 15) is 14.7 Å². The van der Waals surface area contributed by atoms with Crippen LogP contribution in [-0.2, 0) is 11.3 Å². The third kappa shape index (κ3) is 7.25. The lowest BCUT2D eigenvalue weighted by Crippen LogP contribution is -2.48. The first kappa shape index (κ1) is 27.9. The monoisotopic (exact) mass is 518 g/mol. The molecule has 2 aromatic carbocycles. The van der Waals surface area contributed by atoms with Crippen LogP contribution >= 0.6 is 0 Å². The molecule has 2 unspecified atom stereocenters. The second-order valence-electron chi connectivity index (χ2n) is 11.6. The maximum atomic E-state index is 13.5. The first-order chi connectivity index (χ1) is 18.2. The highest BCUT2D eigenvalue weighted by Gasteiger charge is 2.49. The zero-order valence-corrected chi connectivity index (χ0v) is 23.2. The summed E-state index contributed by atoms with van der Waals surface area (Å²) in [5, 5.41) is 13.0. The Hall–Kier alpha value is -3.12. The lowest BCUT2D eigenvalue weighted by Gasteiger charge is -2.38. The van der Waals surface area contributed by atoms with Gasteiger partial charge in [0.2, 0.25) is 0 Å². The Kier molecular flexibility index (Phi) is 8.93. The van der Waals surface area contributed by atoms with Gasteiger partial charge in [0, 0.05) is 30.6 Å². The van der Waals surface area contributed by atoms with Gasteiger partial charge in [0.05, 0.1) is 5.56 Å². The number of rotatable bonds is 9. The molecule has 0 aliphatic heterocycles. The van der Waals surface area contributed by atoms with E-state index in [1.165, 1.54) is 11.1 Å². The van der Waals surface area contributed by atoms with Crippen molar-refractivity contribution in [3.05, 3.63) is 76.9 Å². The summed E-state index contributed by atoms with van der Waals surface area (Å²) in [7, 11) is 0. The van der Waals surface area contributed by atoms with Gasteiger partial charge in [-0.1, -0.05) is 67.1 Å². The van der Waals surface area contributed by atoms with E-state index in [0.29, 0.717) is 24.1 Å². The minimum Gasteiger partial charge on any atom is -0.478 e. The molecule has 4 rings (SSSR count). The van der Waals surface area contributed by atoms with E-state index in [1.807, 2.05) is 39.0 Å². The molecule has 38 heavy (non-hydrogen) atoms. The molecule has 0 radical (unpaired) electrons. The summed E-state index contributed by atoms with van der Waals surface area (Å²) < 4.78 is 5.90. The summed E-state index contributed by atoms with van der Waals surface area (Å²) in [5.41, 5.74) is 3.20. The summed E-state index contributed by atoms with van der Waals surface area (Å²) in [6.45, 7) is 8.51. The average molecular weight is 519 g/mol. The Balaban J connectivity index is 1.41. The molecule has 0 spiro atoms. The molecule has 0 saturated heterocycles. The van der Waals surface area contributed by atoms with Gasteiger partial charge < -0.3 is 20.1 Å². The maximum absolute atomic E-state index is 13.5. The van der Waals surface area contributed by atoms with Gasteiger partial charge in [-0.25, -0.2) is 9.59 Å². The number of nitrogens with zero attached hydrogens (tertiary/aromatic N) is 1. The summed E-state index contributed by atoms with van der Waals surface area (Å²) in [6, 6.07) is 18.2. The van der Waals surface area contributed by atoms with Crippen LogP contribution in [0, 0.1) is 5.92 Å². The normalized spacial score (nSPS) is 23.5. The number of carboxylic acids is 1. The van der Waals surface area contributed by atoms with E-state index in [4.69, 9.17) is 4.74 Å². The standard InChI is InChI=1S/C32H42N2O4/c1-5-23(19-22-11-7-6-8-12-22)28-20-29(28)34(31(37)38-32(2,3)4)26-17-15-25(16-18-26)33-21-24-13-9-10-14-27(24)30(35)36/h6-14,19,25-26,28-29,33H,5,15-18,20-21H2,1-4H3,(H,35,36). The van der Waals surface area contributed by atoms with Crippen molar-refractivity contribution in [3.8, 4) is 0 Å². The van der Waals surface area contributed by atoms with Crippen LogP contribution in [0.15, 0.2) is 60.2 Å². The number of amides is 1. The molecule has 2 N–H and O–H groups in total. The smallest absolute Gasteiger partial charge is 0.410 e. The molecule has 2 aromatic rings. The van der Waals surface area contributed by atoms with Gasteiger partial charge in [0.25, 0.3) is 0 Å². The fourth-order valence-corrected chi connectivity index (χ4v) is 5.69. The molecule has 2 aliphatic rings. The molecule has 6 nitrogen and oxygen atoms in total. The molecule has 2 saturated carbocycles. The first-order valence-corrected chi connectivity index (χ1v) is 14.0. The summed E-state index contributed by atoms with van der Waals surface area (Å²) in [4.78, 5) is 27.1. The van der Waals surface area contributed by atoms with E-state index >= 15 is 0 Å². The van der Waals surface area contributed by atoms with Gasteiger partial charge in [0.15, 0.2) is 0 Å². The minimum absolute atomic E-state index is 0.152. The topological polar surface area (TPSA) is 78.9 Å². The molecule has 2 fully saturated rings. The van der Waals surface area contributed by atoms with Gasteiger partial charge in [-0.15, -0.1) is 0 Å². The van der Waals surface area contributed by atoms with E-state index in [0.717, 1.165) is 44.1 Å². The van der Waals surface area contributed by atoms with Gasteiger partial charge in [-0.2, -0.15) is 0 Å². The Labute approximate surface area is 227 Å². The molecule has 1 amide bonds. The van der Waals surface area contributed by atoms with Crippen LogP contribution in [0.2, 0.25) is 0 Å². The van der Waals surface area contributed by atoms with Crippen molar-refractivity contribution in [2.75, 3.05) is 0 Å². The number of hydrogen-bond acceptors (Lipinski definition) is 4. The predicted octanol–water partition coefficient (Wildman–Crippen LogP) is 6.90. The van der Waals surface area contributed by atoms with Crippen LogP contribution in [0.3, 0.4) is 0 Å². The van der Waals surface area contributed by atoms with Gasteiger partial charge in [-0.3, -0.25) is 0 Å². The zero-order valence-electron chi connectivity index (χ0n) is 23.2. The summed E-state index contributed by atoms with van der Waals surface area (Å²) in [6.07, 6.45) is 7.73. The Bertz CT molecular complexity index is 1130. The zero-order chi connectivity index (χ0) is 27.3. The fraction of sp³-hybridized carbons (Fsp3) is 0.500. The number of carboxylic acid groups (broad SMARTS) is 1. The van der Waals surface area contributed by atoms with Crippen LogP contribution in [0.4, 0.5) is 4.79 Å². The van der Waals surface area contributed by atoms with E-state index < -0.39 is 11.6 Å². The number of ether oxygens (including phenoxy) is 1. The van der Waals surface area contributed by atoms with Crippen LogP contribution in [0.5, 0.6) is 0 Å². The van der Waals surface area contributed by atoms with Crippen molar-refractivity contribution in [1.82, 2.24) is 10.2 Å². The maximum Gasteiger partial charge on any atom is 0.410 e. The highest BCUT2D eigenvalue weighted by atomic mass is 16.6. The molecule has 0 bridgehead atoms. The fourth-order valence-electron chi connectivity index (χ4n) is 5.69. The Morgan fingerprint density at radius 1 is 1.03 bits per heavy atom. The first-order valence-electron chi connectivity index (χ1n) is 14.0. The number of benzene rings is 2. The molecular formula is C32H42N2O4. The molecular weight excluding hydrogens is 476 g/mol. The number of nitrogens with one attached hydrogen (secondary N) is 1. The van der Waals surface area contributed by atoms with Gasteiger partial charge in [-0.05, 0) is 76.5 Å². The number of hydrogen-bond donors (Lipinski definition) is 2. The molecule has 0 heterocycles. The molecule has 2 atom stereocenters. The van der Waals surface area contributed by atoms with Crippen LogP contribution < -0.4 is 5.32 Å². The molecule has 2 aliphatic carbocycles. The van der Waals surface area contributed by atoms with Gasteiger partial charge in [0.1, 0.15) is 5.60 Å². The van der Waals surface area contributed by atoms with Crippen LogP contribution in [0.25, 0.3) is 6.08 Å². The highest BCUT2D eigenvalue weighted by molar-refractivity contribution is 5.89. The largest absolute Gasteiger partial charge is 0.478 e. The Morgan fingerprint density at radius 3 is 2.32 bits per heavy atom. The van der Waals surface area contributed by atoms with Crippen molar-refractivity contribution in [3.63, 3.8) is 0 Å². The average Bonchev–Trinajstić information content (AvgIpc) is 3.66. The quantitative estimate of drug-likeness (QED) is 0.377. The lowest BCUT2D eigenvalue weighted by molar-refractivity contribution is 0.00785. The minimum atomic E-state index is -0.897. The van der Waals surface area contributed by atoms with Crippen molar-refractivity contribution in [2.24, 2.45) is 5.92 Å². The van der Waals surface area contributed by atoms with Crippen molar-refractivity contribution in [1.29, 1.82) is 0 Å². The third-order valence-electron chi connectivity index (χ3n) is 7.67. The Morgan fingerprint density at radius 2 is 1.68 bits per heavy atom. The van der Waals surface area contributed by atoms with Crippen molar-refractivity contribution < 1.29 is 19.4 Å². The number of carbonyl (C=O) groups is 2. The SMILES string of the molecule is CCC(=Cc1ccccc1)C1CC1N(C(=O)OC(C)(C)C)C1CCC(NCc2ccccc2C(=O)O)CC1. The van der Waals surface area contributed by atoms with Crippen molar-refractivity contribution >= 4 is 18.1 Å². The van der Waals surface area contributed by atoms with Crippen LogP contribution in [-0.4, -0.2) is 45.8 Å². The lowest BCUT2D eigenvalue weighted by atomic mass is 9.89. The second kappa shape index (κ2) is 12.2. The highest BCUT2D eigenvalue weighted by Crippen LogP contribution is 2.46. The van der Waals surface area contributed by atoms with E-state index in [-0.39, 0.29) is 18.2 Å². The van der Waals surface area contributed by atoms with E-state index in [2.05, 4.69) is 47.5 Å². The number of carbonyl (C=O) groups excluding carboxylic acids is 1. The van der Waals surface area contributed by atoms with Gasteiger partial charge >= 0.3 is 12.1 Å². The third-order valence-corrected chi connectivity index (χ3v) is 7.67. The second-order valence-corrected chi connectivity index (χ2v) is 11.6. The summed E-state index contributed by atoms with van der Waals surface area (Å²) >= 11 is 0. The molecule has 0 aromatic heterocycles. The van der Waals surface area contributed by atoms with E-state index in [1.54, 1.807) is 12.1 Å². The van der Waals surface area contributed by atoms with Crippen LogP contribution in [0.1, 0.15) is 87.7 Å². The predicted molar refractivity (Wildman–Crippen MR) is 151 cm³/mol. The number of aromatic carboxylic acids is 1. The van der Waals surface area contributed by atoms with Crippen molar-refractivity contribution in [2.45, 2.75) is 96.5 Å². The molecule has 204 valence electrons. The molecule has 6 heteroatoms. The summed E-state index contributed by atoms with van der Waals surface area (Å²) in [5.74, 6) is -0.526.